The molecule has 1 aromatic rings. The van der Waals surface area contributed by atoms with Gasteiger partial charge in [0.2, 0.25) is 11.8 Å². The van der Waals surface area contributed by atoms with Crippen LogP contribution >= 0.6 is 27.7 Å². The molecule has 0 saturated carbocycles. The van der Waals surface area contributed by atoms with E-state index in [1.807, 2.05) is 62.3 Å². The van der Waals surface area contributed by atoms with Crippen LogP contribution in [0.4, 0.5) is 10.1 Å². The summed E-state index contributed by atoms with van der Waals surface area (Å²) < 4.78 is 15.4. The lowest BCUT2D eigenvalue weighted by molar-refractivity contribution is -0.128. The minimum absolute atomic E-state index is 0.0701. The summed E-state index contributed by atoms with van der Waals surface area (Å²) in [5, 5.41) is -0.0701. The first-order chi connectivity index (χ1) is 13.8. The van der Waals surface area contributed by atoms with Crippen LogP contribution in [-0.4, -0.2) is 16.9 Å². The number of rotatable bonds is 5. The van der Waals surface area contributed by atoms with E-state index in [0.29, 0.717) is 15.8 Å². The van der Waals surface area contributed by atoms with E-state index in [1.165, 1.54) is 12.1 Å². The molecule has 1 aromatic carbocycles. The Kier molecular flexibility index (Phi) is 9.12. The van der Waals surface area contributed by atoms with Crippen molar-refractivity contribution in [2.45, 2.75) is 86.5 Å². The fraction of sp³-hybridized carbons (Fsp3) is 0.625. The van der Waals surface area contributed by atoms with Crippen LogP contribution in [0.1, 0.15) is 81.6 Å². The molecule has 174 valence electrons. The van der Waals surface area contributed by atoms with Gasteiger partial charge in [-0.3, -0.25) is 14.4 Å². The van der Waals surface area contributed by atoms with Crippen LogP contribution in [0.2, 0.25) is 0 Å². The van der Waals surface area contributed by atoms with Gasteiger partial charge in [-0.2, -0.15) is 0 Å². The van der Waals surface area contributed by atoms with Crippen molar-refractivity contribution in [1.82, 2.24) is 0 Å². The van der Waals surface area contributed by atoms with Crippen molar-refractivity contribution >= 4 is 50.3 Å². The third kappa shape index (κ3) is 9.85. The molecule has 1 rings (SSSR count). The first-order valence-electron chi connectivity index (χ1n) is 10.3. The van der Waals surface area contributed by atoms with Gasteiger partial charge in [-0.15, -0.1) is 0 Å². The number of nitrogens with zero attached hydrogens (tertiary/aromatic N) is 1. The predicted octanol–water partition coefficient (Wildman–Crippen LogP) is 7.38. The minimum atomic E-state index is -0.691. The molecule has 0 heterocycles. The summed E-state index contributed by atoms with van der Waals surface area (Å²) in [7, 11) is 0. The zero-order valence-electron chi connectivity index (χ0n) is 20.1. The Balaban J connectivity index is 3.44. The van der Waals surface area contributed by atoms with Crippen molar-refractivity contribution in [2.24, 2.45) is 16.2 Å². The van der Waals surface area contributed by atoms with Crippen LogP contribution < -0.4 is 4.90 Å². The summed E-state index contributed by atoms with van der Waals surface area (Å²) in [5.74, 6) is -1.61. The SMILES string of the molecule is CC(C)(C)CC(=O)Sc1cc(N(C(=O)CC(C)(C)C)C(=O)CC(C)(C)C)c(F)cc1Br. The summed E-state index contributed by atoms with van der Waals surface area (Å²) in [5.41, 5.74) is -1.04. The van der Waals surface area contributed by atoms with Crippen molar-refractivity contribution < 1.29 is 18.8 Å². The second-order valence-corrected chi connectivity index (χ2v) is 13.5. The lowest BCUT2D eigenvalue weighted by Crippen LogP contribution is -2.41. The van der Waals surface area contributed by atoms with Crippen LogP contribution in [0.15, 0.2) is 21.5 Å². The van der Waals surface area contributed by atoms with Crippen molar-refractivity contribution in [1.29, 1.82) is 0 Å². The maximum Gasteiger partial charge on any atom is 0.234 e. The van der Waals surface area contributed by atoms with Gasteiger partial charge in [0.05, 0.1) is 5.69 Å². The Hall–Kier alpha value is -1.21. The van der Waals surface area contributed by atoms with E-state index in [4.69, 9.17) is 0 Å². The number of halogens is 2. The number of hydrogen-bond acceptors (Lipinski definition) is 4. The van der Waals surface area contributed by atoms with Gasteiger partial charge in [-0.05, 0) is 44.3 Å². The first-order valence-corrected chi connectivity index (χ1v) is 12.0. The van der Waals surface area contributed by atoms with Crippen molar-refractivity contribution in [3.63, 3.8) is 0 Å². The monoisotopic (exact) mass is 515 g/mol. The van der Waals surface area contributed by atoms with Gasteiger partial charge in [-0.25, -0.2) is 9.29 Å². The molecule has 31 heavy (non-hydrogen) atoms. The number of benzene rings is 1. The van der Waals surface area contributed by atoms with Gasteiger partial charge >= 0.3 is 0 Å². The normalized spacial score (nSPS) is 12.6. The van der Waals surface area contributed by atoms with Gasteiger partial charge in [-0.1, -0.05) is 74.1 Å². The van der Waals surface area contributed by atoms with Gasteiger partial charge < -0.3 is 0 Å². The maximum absolute atomic E-state index is 15.0. The van der Waals surface area contributed by atoms with Crippen LogP contribution in [0.5, 0.6) is 0 Å². The van der Waals surface area contributed by atoms with Crippen LogP contribution in [-0.2, 0) is 14.4 Å². The van der Waals surface area contributed by atoms with Gasteiger partial charge in [0, 0.05) is 28.6 Å². The molecule has 0 fully saturated rings. The van der Waals surface area contributed by atoms with Crippen LogP contribution in [0, 0.1) is 22.1 Å². The zero-order valence-corrected chi connectivity index (χ0v) is 22.5. The molecule has 0 unspecified atom stereocenters. The lowest BCUT2D eigenvalue weighted by atomic mass is 9.89. The second kappa shape index (κ2) is 10.2. The molecule has 0 bridgehead atoms. The topological polar surface area (TPSA) is 54.5 Å². The van der Waals surface area contributed by atoms with E-state index in [2.05, 4.69) is 15.9 Å². The number of hydrogen-bond donors (Lipinski definition) is 0. The molecule has 0 aromatic heterocycles. The highest BCUT2D eigenvalue weighted by Gasteiger charge is 2.32. The van der Waals surface area contributed by atoms with Crippen molar-refractivity contribution in [3.05, 3.63) is 22.4 Å². The molecular weight excluding hydrogens is 481 g/mol. The molecule has 2 amide bonds. The van der Waals surface area contributed by atoms with E-state index >= 15 is 4.39 Å². The number of thioether (sulfide) groups is 1. The van der Waals surface area contributed by atoms with Crippen molar-refractivity contribution in [3.8, 4) is 0 Å². The molecule has 7 heteroatoms. The smallest absolute Gasteiger partial charge is 0.234 e. The summed E-state index contributed by atoms with van der Waals surface area (Å²) in [4.78, 5) is 40.1. The fourth-order valence-corrected chi connectivity index (χ4v) is 4.47. The zero-order chi connectivity index (χ0) is 24.4. The van der Waals surface area contributed by atoms with E-state index in [0.717, 1.165) is 16.7 Å². The standard InChI is InChI=1S/C24H35BrFNO3S/c1-22(2,3)12-19(28)27(20(29)13-23(4,5)6)17-11-18(15(25)10-16(17)26)31-21(30)14-24(7,8)9/h10-11H,12-14H2,1-9H3. The molecular formula is C24H35BrFNO3S. The van der Waals surface area contributed by atoms with Crippen LogP contribution in [0.3, 0.4) is 0 Å². The first kappa shape index (κ1) is 27.8. The highest BCUT2D eigenvalue weighted by atomic mass is 79.9. The predicted molar refractivity (Wildman–Crippen MR) is 130 cm³/mol. The number of amides is 2. The van der Waals surface area contributed by atoms with E-state index in [9.17, 15) is 14.4 Å². The Bertz CT molecular complexity index is 820. The molecule has 4 nitrogen and oxygen atoms in total. The average molecular weight is 517 g/mol. The molecule has 0 N–H and O–H groups in total. The summed E-state index contributed by atoms with van der Waals surface area (Å²) >= 11 is 4.29. The second-order valence-electron chi connectivity index (χ2n) is 11.5. The molecule has 0 radical (unpaired) electrons. The maximum atomic E-state index is 15.0. The van der Waals surface area contributed by atoms with E-state index in [-0.39, 0.29) is 39.9 Å². The van der Waals surface area contributed by atoms with Gasteiger partial charge in [0.1, 0.15) is 5.82 Å². The summed E-state index contributed by atoms with van der Waals surface area (Å²) in [6, 6.07) is 2.63. The Morgan fingerprint density at radius 3 is 1.65 bits per heavy atom. The van der Waals surface area contributed by atoms with Crippen LogP contribution in [0.25, 0.3) is 0 Å². The molecule has 0 atom stereocenters. The molecule has 0 aliphatic heterocycles. The molecule has 0 saturated heterocycles. The minimum Gasteiger partial charge on any atom is -0.287 e. The highest BCUT2D eigenvalue weighted by molar-refractivity contribution is 9.10. The van der Waals surface area contributed by atoms with E-state index < -0.39 is 17.6 Å². The quantitative estimate of drug-likeness (QED) is 0.384. The van der Waals surface area contributed by atoms with Gasteiger partial charge in [0.15, 0.2) is 5.12 Å². The number of carbonyl (C=O) groups excluding carboxylic acids is 3. The number of carbonyl (C=O) groups is 3. The van der Waals surface area contributed by atoms with E-state index in [1.54, 1.807) is 0 Å². The fourth-order valence-electron chi connectivity index (χ4n) is 2.83. The Morgan fingerprint density at radius 1 is 0.839 bits per heavy atom. The third-order valence-electron chi connectivity index (χ3n) is 4.00. The lowest BCUT2D eigenvalue weighted by Gasteiger charge is -2.28. The largest absolute Gasteiger partial charge is 0.287 e. The third-order valence-corrected chi connectivity index (χ3v) is 5.85. The number of anilines is 1. The molecule has 0 spiro atoms. The number of imide groups is 1. The Morgan fingerprint density at radius 2 is 1.26 bits per heavy atom. The molecule has 0 aliphatic rings. The highest BCUT2D eigenvalue weighted by Crippen LogP contribution is 2.37. The summed E-state index contributed by atoms with van der Waals surface area (Å²) in [6.07, 6.45) is 0.514. The Labute approximate surface area is 198 Å². The summed E-state index contributed by atoms with van der Waals surface area (Å²) in [6.45, 7) is 17.2. The molecule has 0 aliphatic carbocycles. The van der Waals surface area contributed by atoms with Gasteiger partial charge in [0.25, 0.3) is 0 Å². The average Bonchev–Trinajstić information content (AvgIpc) is 2.46. The van der Waals surface area contributed by atoms with Crippen molar-refractivity contribution in [2.75, 3.05) is 4.90 Å².